The van der Waals surface area contributed by atoms with Crippen LogP contribution in [0.5, 0.6) is 0 Å². The summed E-state index contributed by atoms with van der Waals surface area (Å²) in [4.78, 5) is 14.6. The molecule has 0 aliphatic heterocycles. The standard InChI is InChI=1S/C13H14N4O2S/c1-9-3-2-4-10(5-9)8-20-13-7-11(17(18)19)6-12(15-13)16-14/h2-7H,8,14H2,1H3,(H,15,16). The summed E-state index contributed by atoms with van der Waals surface area (Å²) in [5, 5.41) is 11.4. The smallest absolute Gasteiger partial charge is 0.275 e. The van der Waals surface area contributed by atoms with Crippen LogP contribution in [0.25, 0.3) is 0 Å². The minimum absolute atomic E-state index is 0.0281. The molecule has 0 fully saturated rings. The highest BCUT2D eigenvalue weighted by atomic mass is 32.2. The topological polar surface area (TPSA) is 94.1 Å². The Kier molecular flexibility index (Phi) is 4.54. The second kappa shape index (κ2) is 6.36. The predicted octanol–water partition coefficient (Wildman–Crippen LogP) is 2.88. The van der Waals surface area contributed by atoms with Gasteiger partial charge in [0.1, 0.15) is 10.8 Å². The number of anilines is 1. The van der Waals surface area contributed by atoms with Crippen LogP contribution in [-0.4, -0.2) is 9.91 Å². The van der Waals surface area contributed by atoms with Crippen molar-refractivity contribution in [1.82, 2.24) is 4.98 Å². The molecule has 0 atom stereocenters. The summed E-state index contributed by atoms with van der Waals surface area (Å²) in [6.45, 7) is 2.02. The number of aryl methyl sites for hydroxylation is 1. The van der Waals surface area contributed by atoms with E-state index in [-0.39, 0.29) is 11.5 Å². The zero-order valence-corrected chi connectivity index (χ0v) is 11.7. The first-order valence-electron chi connectivity index (χ1n) is 5.90. The van der Waals surface area contributed by atoms with Gasteiger partial charge < -0.3 is 5.43 Å². The highest BCUT2D eigenvalue weighted by Gasteiger charge is 2.11. The molecule has 0 aliphatic carbocycles. The molecule has 0 unspecified atom stereocenters. The molecule has 6 nitrogen and oxygen atoms in total. The minimum Gasteiger partial charge on any atom is -0.308 e. The van der Waals surface area contributed by atoms with E-state index in [0.29, 0.717) is 10.8 Å². The lowest BCUT2D eigenvalue weighted by Crippen LogP contribution is -2.09. The molecule has 104 valence electrons. The van der Waals surface area contributed by atoms with E-state index in [2.05, 4.69) is 16.5 Å². The number of nitrogens with two attached hydrogens (primary N) is 1. The van der Waals surface area contributed by atoms with Crippen LogP contribution in [0.1, 0.15) is 11.1 Å². The Hall–Kier alpha value is -2.12. The first-order chi connectivity index (χ1) is 9.58. The van der Waals surface area contributed by atoms with Crippen LogP contribution >= 0.6 is 11.8 Å². The highest BCUT2D eigenvalue weighted by molar-refractivity contribution is 7.98. The molecule has 3 N–H and O–H groups in total. The fourth-order valence-corrected chi connectivity index (χ4v) is 2.57. The number of nitrogens with one attached hydrogen (secondary N) is 1. The maximum atomic E-state index is 10.8. The van der Waals surface area contributed by atoms with E-state index >= 15 is 0 Å². The van der Waals surface area contributed by atoms with Gasteiger partial charge in [0.05, 0.1) is 11.0 Å². The number of pyridine rings is 1. The van der Waals surface area contributed by atoms with Crippen LogP contribution < -0.4 is 11.3 Å². The molecule has 0 saturated heterocycles. The number of hydrogen-bond acceptors (Lipinski definition) is 6. The van der Waals surface area contributed by atoms with Crippen LogP contribution in [0.15, 0.2) is 41.4 Å². The molecule has 0 aliphatic rings. The van der Waals surface area contributed by atoms with Crippen LogP contribution in [0, 0.1) is 17.0 Å². The molecule has 1 heterocycles. The second-order valence-electron chi connectivity index (χ2n) is 4.23. The maximum absolute atomic E-state index is 10.8. The number of nitrogens with zero attached hydrogens (tertiary/aromatic N) is 2. The Balaban J connectivity index is 2.16. The molecule has 1 aromatic carbocycles. The first-order valence-corrected chi connectivity index (χ1v) is 6.88. The van der Waals surface area contributed by atoms with E-state index in [4.69, 9.17) is 5.84 Å². The number of thioether (sulfide) groups is 1. The van der Waals surface area contributed by atoms with E-state index in [0.717, 1.165) is 5.56 Å². The number of rotatable bonds is 5. The Morgan fingerprint density at radius 2 is 2.20 bits per heavy atom. The van der Waals surface area contributed by atoms with Crippen molar-refractivity contribution in [2.45, 2.75) is 17.7 Å². The normalized spacial score (nSPS) is 10.3. The molecule has 0 saturated carbocycles. The van der Waals surface area contributed by atoms with Gasteiger partial charge in [-0.1, -0.05) is 29.8 Å². The minimum atomic E-state index is -0.459. The van der Waals surface area contributed by atoms with Gasteiger partial charge >= 0.3 is 0 Å². The van der Waals surface area contributed by atoms with Crippen molar-refractivity contribution in [3.8, 4) is 0 Å². The Bertz CT molecular complexity index is 634. The summed E-state index contributed by atoms with van der Waals surface area (Å²) in [5.74, 6) is 6.25. The van der Waals surface area contributed by atoms with Crippen LogP contribution in [0.4, 0.5) is 11.5 Å². The average Bonchev–Trinajstić information content (AvgIpc) is 2.45. The number of nitrogen functional groups attached to an aromatic ring is 1. The summed E-state index contributed by atoms with van der Waals surface area (Å²) >= 11 is 1.43. The summed E-state index contributed by atoms with van der Waals surface area (Å²) in [6, 6.07) is 10.8. The summed E-state index contributed by atoms with van der Waals surface area (Å²) in [7, 11) is 0. The fraction of sp³-hybridized carbons (Fsp3) is 0.154. The van der Waals surface area contributed by atoms with Crippen molar-refractivity contribution in [3.63, 3.8) is 0 Å². The molecule has 0 spiro atoms. The van der Waals surface area contributed by atoms with Gasteiger partial charge in [0, 0.05) is 11.8 Å². The number of hydrogen-bond donors (Lipinski definition) is 2. The lowest BCUT2D eigenvalue weighted by atomic mass is 10.2. The van der Waals surface area contributed by atoms with Gasteiger partial charge in [-0.15, -0.1) is 11.8 Å². The number of nitro groups is 1. The molecule has 7 heteroatoms. The SMILES string of the molecule is Cc1cccc(CSc2cc([N+](=O)[O-])cc(NN)n2)c1. The van der Waals surface area contributed by atoms with Crippen molar-refractivity contribution < 1.29 is 4.92 Å². The molecule has 2 aromatic rings. The molecule has 0 amide bonds. The van der Waals surface area contributed by atoms with Crippen molar-refractivity contribution >= 4 is 23.3 Å². The largest absolute Gasteiger partial charge is 0.308 e. The third-order valence-electron chi connectivity index (χ3n) is 2.61. The van der Waals surface area contributed by atoms with E-state index in [9.17, 15) is 10.1 Å². The summed E-state index contributed by atoms with van der Waals surface area (Å²) in [6.07, 6.45) is 0. The first kappa shape index (κ1) is 14.3. The van der Waals surface area contributed by atoms with Gasteiger partial charge in [-0.2, -0.15) is 0 Å². The zero-order valence-electron chi connectivity index (χ0n) is 10.9. The zero-order chi connectivity index (χ0) is 14.5. The third-order valence-corrected chi connectivity index (χ3v) is 3.60. The number of aromatic nitrogens is 1. The monoisotopic (exact) mass is 290 g/mol. The predicted molar refractivity (Wildman–Crippen MR) is 79.4 cm³/mol. The fourth-order valence-electron chi connectivity index (χ4n) is 1.70. The molecular weight excluding hydrogens is 276 g/mol. The average molecular weight is 290 g/mol. The van der Waals surface area contributed by atoms with Crippen LogP contribution in [-0.2, 0) is 5.75 Å². The van der Waals surface area contributed by atoms with Gasteiger partial charge in [-0.25, -0.2) is 10.8 Å². The van der Waals surface area contributed by atoms with Gasteiger partial charge in [0.25, 0.3) is 5.69 Å². The van der Waals surface area contributed by atoms with Gasteiger partial charge in [-0.05, 0) is 12.5 Å². The molecule has 0 bridgehead atoms. The van der Waals surface area contributed by atoms with Crippen LogP contribution in [0.3, 0.4) is 0 Å². The number of benzene rings is 1. The van der Waals surface area contributed by atoms with Gasteiger partial charge in [-0.3, -0.25) is 10.1 Å². The second-order valence-corrected chi connectivity index (χ2v) is 5.22. The number of hydrazine groups is 1. The molecule has 1 aromatic heterocycles. The van der Waals surface area contributed by atoms with Crippen LogP contribution in [0.2, 0.25) is 0 Å². The quantitative estimate of drug-likeness (QED) is 0.380. The molecule has 0 radical (unpaired) electrons. The lowest BCUT2D eigenvalue weighted by molar-refractivity contribution is -0.385. The summed E-state index contributed by atoms with van der Waals surface area (Å²) < 4.78 is 0. The van der Waals surface area contributed by atoms with Gasteiger partial charge in [0.15, 0.2) is 0 Å². The summed E-state index contributed by atoms with van der Waals surface area (Å²) in [5.41, 5.74) is 4.64. The van der Waals surface area contributed by atoms with Crippen molar-refractivity contribution in [2.75, 3.05) is 5.43 Å². The molecule has 20 heavy (non-hydrogen) atoms. The maximum Gasteiger partial charge on any atom is 0.275 e. The van der Waals surface area contributed by atoms with Gasteiger partial charge in [0.2, 0.25) is 0 Å². The third kappa shape index (κ3) is 3.69. The van der Waals surface area contributed by atoms with E-state index in [1.165, 1.54) is 29.5 Å². The van der Waals surface area contributed by atoms with E-state index in [1.54, 1.807) is 0 Å². The lowest BCUT2D eigenvalue weighted by Gasteiger charge is -2.05. The van der Waals surface area contributed by atoms with Crippen molar-refractivity contribution in [3.05, 3.63) is 57.6 Å². The van der Waals surface area contributed by atoms with E-state index < -0.39 is 4.92 Å². The highest BCUT2D eigenvalue weighted by Crippen LogP contribution is 2.26. The Labute approximate surface area is 120 Å². The Morgan fingerprint density at radius 3 is 2.85 bits per heavy atom. The molecular formula is C13H14N4O2S. The van der Waals surface area contributed by atoms with Crippen molar-refractivity contribution in [2.24, 2.45) is 5.84 Å². The van der Waals surface area contributed by atoms with E-state index in [1.807, 2.05) is 25.1 Å². The molecule has 2 rings (SSSR count). The Morgan fingerprint density at radius 1 is 1.40 bits per heavy atom. The van der Waals surface area contributed by atoms with Crippen molar-refractivity contribution in [1.29, 1.82) is 0 Å².